The van der Waals surface area contributed by atoms with Crippen molar-refractivity contribution in [2.24, 2.45) is 11.7 Å². The molecule has 0 saturated carbocycles. The lowest BCUT2D eigenvalue weighted by Gasteiger charge is -2.25. The predicted molar refractivity (Wildman–Crippen MR) is 167 cm³/mol. The molecule has 3 amide bonds. The Morgan fingerprint density at radius 1 is 0.711 bits per heavy atom. The van der Waals surface area contributed by atoms with Crippen molar-refractivity contribution >= 4 is 51.5 Å². The molecule has 4 rings (SSSR count). The maximum atomic E-state index is 13.7. The van der Waals surface area contributed by atoms with Crippen molar-refractivity contribution in [2.75, 3.05) is 0 Å². The minimum Gasteiger partial charge on any atom is -0.481 e. The molecule has 0 bridgehead atoms. The standard InChI is InChI=1S/C32H38N6O7/c1-17(2)28(33)31(43)36-24(11-12-27(39)40)29(41)37-25(13-18-15-34-22-9-5-3-7-20(18)22)30(42)38-26(32(44)45)14-19-16-35-23-10-6-4-8-21(19)23/h3-10,15-17,24-26,28,34-35H,11-14,33H2,1-2H3,(H,36,43)(H,37,41)(H,38,42)(H,39,40)(H,44,45). The summed E-state index contributed by atoms with van der Waals surface area (Å²) in [5.41, 5.74) is 8.94. The molecule has 0 aliphatic heterocycles. The van der Waals surface area contributed by atoms with Gasteiger partial charge in [-0.2, -0.15) is 0 Å². The number of carbonyl (C=O) groups is 5. The van der Waals surface area contributed by atoms with Gasteiger partial charge >= 0.3 is 11.9 Å². The highest BCUT2D eigenvalue weighted by Crippen LogP contribution is 2.21. The van der Waals surface area contributed by atoms with Gasteiger partial charge in [-0.15, -0.1) is 0 Å². The number of aromatic amines is 2. The SMILES string of the molecule is CC(C)C(N)C(=O)NC(CCC(=O)O)C(=O)NC(Cc1c[nH]c2ccccc12)C(=O)NC(Cc1c[nH]c2ccccc12)C(=O)O. The zero-order valence-corrected chi connectivity index (χ0v) is 25.0. The van der Waals surface area contributed by atoms with Crippen molar-refractivity contribution in [1.82, 2.24) is 25.9 Å². The van der Waals surface area contributed by atoms with E-state index < -0.39 is 60.2 Å². The first-order valence-corrected chi connectivity index (χ1v) is 14.7. The molecule has 238 valence electrons. The first-order valence-electron chi connectivity index (χ1n) is 14.7. The summed E-state index contributed by atoms with van der Waals surface area (Å²) in [6, 6.07) is 9.88. The third-order valence-corrected chi connectivity index (χ3v) is 7.75. The number of carboxylic acid groups (broad SMARTS) is 2. The summed E-state index contributed by atoms with van der Waals surface area (Å²) in [5.74, 6) is -4.89. The monoisotopic (exact) mass is 618 g/mol. The fourth-order valence-corrected chi connectivity index (χ4v) is 5.10. The Morgan fingerprint density at radius 2 is 1.18 bits per heavy atom. The number of hydrogen-bond acceptors (Lipinski definition) is 6. The zero-order chi connectivity index (χ0) is 32.7. The Hall–Kier alpha value is -5.17. The van der Waals surface area contributed by atoms with Gasteiger partial charge < -0.3 is 41.9 Å². The van der Waals surface area contributed by atoms with Gasteiger partial charge in [0.15, 0.2) is 0 Å². The number of carboxylic acids is 2. The lowest BCUT2D eigenvalue weighted by Crippen LogP contribution is -2.58. The zero-order valence-electron chi connectivity index (χ0n) is 25.0. The largest absolute Gasteiger partial charge is 0.481 e. The van der Waals surface area contributed by atoms with Crippen LogP contribution in [0.15, 0.2) is 60.9 Å². The molecule has 0 spiro atoms. The molecule has 0 aliphatic rings. The van der Waals surface area contributed by atoms with Gasteiger partial charge in [-0.1, -0.05) is 50.2 Å². The normalized spacial score (nSPS) is 14.0. The fraction of sp³-hybridized carbons (Fsp3) is 0.344. The van der Waals surface area contributed by atoms with E-state index in [1.165, 1.54) is 0 Å². The molecule has 0 aliphatic carbocycles. The highest BCUT2D eigenvalue weighted by Gasteiger charge is 2.32. The number of carbonyl (C=O) groups excluding carboxylic acids is 3. The number of rotatable bonds is 15. The second-order valence-corrected chi connectivity index (χ2v) is 11.4. The summed E-state index contributed by atoms with van der Waals surface area (Å²) in [4.78, 5) is 69.8. The van der Waals surface area contributed by atoms with Gasteiger partial charge in [-0.05, 0) is 35.6 Å². The van der Waals surface area contributed by atoms with E-state index in [4.69, 9.17) is 5.73 Å². The number of fused-ring (bicyclic) bond motifs is 2. The van der Waals surface area contributed by atoms with Gasteiger partial charge in [-0.3, -0.25) is 19.2 Å². The molecule has 4 aromatic rings. The van der Waals surface area contributed by atoms with Crippen molar-refractivity contribution in [2.45, 2.75) is 63.7 Å². The molecule has 13 heteroatoms. The summed E-state index contributed by atoms with van der Waals surface area (Å²) >= 11 is 0. The van der Waals surface area contributed by atoms with Crippen LogP contribution in [0.3, 0.4) is 0 Å². The molecular formula is C32H38N6O7. The van der Waals surface area contributed by atoms with Gasteiger partial charge in [0.1, 0.15) is 18.1 Å². The van der Waals surface area contributed by atoms with Crippen LogP contribution in [0.5, 0.6) is 0 Å². The van der Waals surface area contributed by atoms with Crippen molar-refractivity contribution < 1.29 is 34.2 Å². The highest BCUT2D eigenvalue weighted by atomic mass is 16.4. The molecule has 9 N–H and O–H groups in total. The lowest BCUT2D eigenvalue weighted by molar-refractivity contribution is -0.142. The average Bonchev–Trinajstić information content (AvgIpc) is 3.61. The Kier molecular flexibility index (Phi) is 10.6. The second-order valence-electron chi connectivity index (χ2n) is 11.4. The Labute approximate surface area is 258 Å². The van der Waals surface area contributed by atoms with Crippen LogP contribution in [0.25, 0.3) is 21.8 Å². The molecule has 2 aromatic heterocycles. The van der Waals surface area contributed by atoms with Crippen molar-refractivity contribution in [3.8, 4) is 0 Å². The van der Waals surface area contributed by atoms with Crippen LogP contribution >= 0.6 is 0 Å². The summed E-state index contributed by atoms with van der Waals surface area (Å²) in [7, 11) is 0. The van der Waals surface area contributed by atoms with E-state index in [2.05, 4.69) is 25.9 Å². The molecule has 0 fully saturated rings. The van der Waals surface area contributed by atoms with Crippen LogP contribution < -0.4 is 21.7 Å². The topological polar surface area (TPSA) is 219 Å². The number of H-pyrrole nitrogens is 2. The summed E-state index contributed by atoms with van der Waals surface area (Å²) in [5, 5.41) is 28.6. The number of aliphatic carboxylic acids is 2. The van der Waals surface area contributed by atoms with E-state index in [1.54, 1.807) is 26.2 Å². The molecule has 45 heavy (non-hydrogen) atoms. The van der Waals surface area contributed by atoms with Gasteiger partial charge in [0, 0.05) is 53.5 Å². The molecule has 13 nitrogen and oxygen atoms in total. The average molecular weight is 619 g/mol. The molecule has 0 saturated heterocycles. The van der Waals surface area contributed by atoms with E-state index in [-0.39, 0.29) is 25.2 Å². The first-order chi connectivity index (χ1) is 21.4. The van der Waals surface area contributed by atoms with Crippen LogP contribution in [-0.4, -0.2) is 74.0 Å². The lowest BCUT2D eigenvalue weighted by atomic mass is 10.0. The number of hydrogen-bond donors (Lipinski definition) is 8. The first kappa shape index (κ1) is 32.7. The number of benzene rings is 2. The smallest absolute Gasteiger partial charge is 0.326 e. The van der Waals surface area contributed by atoms with E-state index in [0.29, 0.717) is 11.1 Å². The second kappa shape index (κ2) is 14.5. The molecule has 4 unspecified atom stereocenters. The number of aromatic nitrogens is 2. The maximum absolute atomic E-state index is 13.7. The quantitative estimate of drug-likeness (QED) is 0.0980. The van der Waals surface area contributed by atoms with Crippen molar-refractivity contribution in [3.05, 3.63) is 72.1 Å². The molecule has 2 aromatic carbocycles. The molecule has 0 radical (unpaired) electrons. The van der Waals surface area contributed by atoms with Crippen LogP contribution in [0.1, 0.15) is 37.8 Å². The number of nitrogens with two attached hydrogens (primary N) is 1. The third kappa shape index (κ3) is 8.26. The van der Waals surface area contributed by atoms with E-state index in [0.717, 1.165) is 21.8 Å². The minimum absolute atomic E-state index is 0.0217. The number of amides is 3. The minimum atomic E-state index is -1.33. The van der Waals surface area contributed by atoms with E-state index in [9.17, 15) is 34.2 Å². The third-order valence-electron chi connectivity index (χ3n) is 7.75. The molecular weight excluding hydrogens is 580 g/mol. The maximum Gasteiger partial charge on any atom is 0.326 e. The van der Waals surface area contributed by atoms with Crippen LogP contribution in [0.4, 0.5) is 0 Å². The van der Waals surface area contributed by atoms with Gasteiger partial charge in [0.25, 0.3) is 0 Å². The summed E-state index contributed by atoms with van der Waals surface area (Å²) in [6.07, 6.45) is 2.66. The molecule has 4 atom stereocenters. The van der Waals surface area contributed by atoms with Gasteiger partial charge in [-0.25, -0.2) is 4.79 Å². The highest BCUT2D eigenvalue weighted by molar-refractivity contribution is 5.95. The number of para-hydroxylation sites is 2. The van der Waals surface area contributed by atoms with Crippen molar-refractivity contribution in [1.29, 1.82) is 0 Å². The Morgan fingerprint density at radius 3 is 1.69 bits per heavy atom. The summed E-state index contributed by atoms with van der Waals surface area (Å²) < 4.78 is 0. The van der Waals surface area contributed by atoms with E-state index >= 15 is 0 Å². The Bertz CT molecular complexity index is 1690. The van der Waals surface area contributed by atoms with Gasteiger partial charge in [0.05, 0.1) is 6.04 Å². The van der Waals surface area contributed by atoms with Crippen LogP contribution in [0, 0.1) is 5.92 Å². The fourth-order valence-electron chi connectivity index (χ4n) is 5.10. The summed E-state index contributed by atoms with van der Waals surface area (Å²) in [6.45, 7) is 3.46. The van der Waals surface area contributed by atoms with Crippen molar-refractivity contribution in [3.63, 3.8) is 0 Å². The van der Waals surface area contributed by atoms with Crippen LogP contribution in [0.2, 0.25) is 0 Å². The molecule has 2 heterocycles. The Balaban J connectivity index is 1.60. The van der Waals surface area contributed by atoms with Crippen LogP contribution in [-0.2, 0) is 36.8 Å². The van der Waals surface area contributed by atoms with E-state index in [1.807, 2.05) is 48.5 Å². The van der Waals surface area contributed by atoms with Gasteiger partial charge in [0.2, 0.25) is 17.7 Å². The predicted octanol–water partition coefficient (Wildman–Crippen LogP) is 1.82. The number of nitrogens with one attached hydrogen (secondary N) is 5.